The van der Waals surface area contributed by atoms with Crippen LogP contribution in [-0.4, -0.2) is 50.9 Å². The Morgan fingerprint density at radius 2 is 2.00 bits per heavy atom. The van der Waals surface area contributed by atoms with Crippen molar-refractivity contribution in [1.29, 1.82) is 0 Å². The van der Waals surface area contributed by atoms with Gasteiger partial charge in [-0.25, -0.2) is 0 Å². The fourth-order valence-electron chi connectivity index (χ4n) is 4.49. The summed E-state index contributed by atoms with van der Waals surface area (Å²) in [6.07, 6.45) is 4.40. The second-order valence-electron chi connectivity index (χ2n) is 8.42. The molecule has 8 nitrogen and oxygen atoms in total. The van der Waals surface area contributed by atoms with Crippen molar-refractivity contribution in [3.8, 4) is 23.0 Å². The third-order valence-corrected chi connectivity index (χ3v) is 6.13. The van der Waals surface area contributed by atoms with Gasteiger partial charge in [0.25, 0.3) is 0 Å². The number of aryl methyl sites for hydroxylation is 1. The van der Waals surface area contributed by atoms with Crippen LogP contribution in [-0.2, 0) is 17.7 Å². The summed E-state index contributed by atoms with van der Waals surface area (Å²) in [5.41, 5.74) is 5.75. The smallest absolute Gasteiger partial charge is 0.231 e. The highest BCUT2D eigenvalue weighted by Gasteiger charge is 2.30. The molecule has 0 fully saturated rings. The molecular formula is C25H29N3O5. The van der Waals surface area contributed by atoms with Crippen LogP contribution in [0.2, 0.25) is 0 Å². The summed E-state index contributed by atoms with van der Waals surface area (Å²) < 4.78 is 22.2. The number of aromatic amines is 1. The summed E-state index contributed by atoms with van der Waals surface area (Å²) in [5.74, 6) is 2.45. The van der Waals surface area contributed by atoms with E-state index >= 15 is 0 Å². The molecule has 3 heterocycles. The van der Waals surface area contributed by atoms with Gasteiger partial charge in [0, 0.05) is 42.0 Å². The quantitative estimate of drug-likeness (QED) is 0.482. The summed E-state index contributed by atoms with van der Waals surface area (Å²) in [4.78, 5) is 9.06. The topological polar surface area (TPSA) is 86.3 Å². The number of fused-ring (bicyclic) bond motifs is 2. The van der Waals surface area contributed by atoms with Gasteiger partial charge < -0.3 is 34.1 Å². The molecule has 3 aromatic rings. The summed E-state index contributed by atoms with van der Waals surface area (Å²) >= 11 is 0. The van der Waals surface area contributed by atoms with Gasteiger partial charge in [0.2, 0.25) is 18.3 Å². The molecule has 2 aliphatic rings. The minimum Gasteiger partial charge on any atom is -0.493 e. The molecule has 1 aromatic heterocycles. The number of oxime groups is 1. The zero-order valence-electron chi connectivity index (χ0n) is 19.2. The van der Waals surface area contributed by atoms with Gasteiger partial charge in [0.1, 0.15) is 6.10 Å². The summed E-state index contributed by atoms with van der Waals surface area (Å²) in [5, 5.41) is 9.10. The van der Waals surface area contributed by atoms with Crippen molar-refractivity contribution in [2.24, 2.45) is 5.16 Å². The molecule has 0 radical (unpaired) electrons. The maximum absolute atomic E-state index is 5.71. The van der Waals surface area contributed by atoms with Crippen molar-refractivity contribution >= 4 is 16.6 Å². The van der Waals surface area contributed by atoms with E-state index in [1.807, 2.05) is 6.07 Å². The number of ether oxygens (including phenoxy) is 4. The van der Waals surface area contributed by atoms with Crippen LogP contribution in [0.25, 0.3) is 10.9 Å². The molecule has 2 N–H and O–H groups in total. The first kappa shape index (κ1) is 21.5. The highest BCUT2D eigenvalue weighted by Crippen LogP contribution is 2.49. The number of hydrogen-bond donors (Lipinski definition) is 2. The zero-order valence-corrected chi connectivity index (χ0v) is 19.2. The van der Waals surface area contributed by atoms with Crippen molar-refractivity contribution in [2.45, 2.75) is 32.3 Å². The first-order valence-corrected chi connectivity index (χ1v) is 11.2. The summed E-state index contributed by atoms with van der Waals surface area (Å²) in [6, 6.07) is 8.43. The van der Waals surface area contributed by atoms with Crippen molar-refractivity contribution in [2.75, 3.05) is 34.1 Å². The molecule has 2 aromatic carbocycles. The third kappa shape index (κ3) is 4.30. The lowest BCUT2D eigenvalue weighted by Gasteiger charge is -2.15. The zero-order chi connectivity index (χ0) is 22.8. The van der Waals surface area contributed by atoms with Crippen LogP contribution in [0.3, 0.4) is 0 Å². The Balaban J connectivity index is 1.14. The highest BCUT2D eigenvalue weighted by molar-refractivity contribution is 5.87. The van der Waals surface area contributed by atoms with E-state index in [0.29, 0.717) is 36.0 Å². The number of methoxy groups -OCH3 is 2. The summed E-state index contributed by atoms with van der Waals surface area (Å²) in [6.45, 7) is 3.86. The molecule has 5 rings (SSSR count). The molecular weight excluding hydrogens is 422 g/mol. The minimum atomic E-state index is -0.0580. The van der Waals surface area contributed by atoms with Crippen LogP contribution in [0.15, 0.2) is 35.6 Å². The Labute approximate surface area is 192 Å². The second kappa shape index (κ2) is 9.23. The van der Waals surface area contributed by atoms with E-state index in [1.165, 1.54) is 22.0 Å². The Morgan fingerprint density at radius 1 is 1.12 bits per heavy atom. The average Bonchev–Trinajstić information content (AvgIpc) is 3.56. The van der Waals surface area contributed by atoms with Crippen LogP contribution in [0.4, 0.5) is 0 Å². The van der Waals surface area contributed by atoms with Gasteiger partial charge in [-0.15, -0.1) is 0 Å². The van der Waals surface area contributed by atoms with Crippen LogP contribution in [0, 0.1) is 6.92 Å². The fourth-order valence-corrected chi connectivity index (χ4v) is 4.49. The van der Waals surface area contributed by atoms with Crippen LogP contribution in [0.5, 0.6) is 23.0 Å². The largest absolute Gasteiger partial charge is 0.493 e. The molecule has 0 saturated carbocycles. The molecule has 0 aliphatic carbocycles. The van der Waals surface area contributed by atoms with E-state index < -0.39 is 0 Å². The summed E-state index contributed by atoms with van der Waals surface area (Å²) in [7, 11) is 3.24. The molecule has 174 valence electrons. The predicted molar refractivity (Wildman–Crippen MR) is 126 cm³/mol. The number of nitrogens with one attached hydrogen (secondary N) is 2. The van der Waals surface area contributed by atoms with Crippen LogP contribution >= 0.6 is 0 Å². The second-order valence-corrected chi connectivity index (χ2v) is 8.42. The van der Waals surface area contributed by atoms with Crippen molar-refractivity contribution in [1.82, 2.24) is 10.3 Å². The van der Waals surface area contributed by atoms with Gasteiger partial charge in [-0.05, 0) is 43.7 Å². The Morgan fingerprint density at radius 3 is 2.85 bits per heavy atom. The van der Waals surface area contributed by atoms with E-state index in [9.17, 15) is 0 Å². The first-order valence-electron chi connectivity index (χ1n) is 11.2. The maximum atomic E-state index is 5.71. The van der Waals surface area contributed by atoms with Crippen LogP contribution < -0.4 is 24.3 Å². The Bertz CT molecular complexity index is 1190. The number of hydrogen-bond acceptors (Lipinski definition) is 7. The first-order chi connectivity index (χ1) is 16.2. The van der Waals surface area contributed by atoms with Gasteiger partial charge in [-0.3, -0.25) is 0 Å². The highest BCUT2D eigenvalue weighted by atomic mass is 16.7. The number of rotatable bonds is 9. The molecule has 0 amide bonds. The van der Waals surface area contributed by atoms with Gasteiger partial charge in [-0.1, -0.05) is 16.8 Å². The van der Waals surface area contributed by atoms with Crippen molar-refractivity contribution in [3.05, 3.63) is 47.2 Å². The lowest BCUT2D eigenvalue weighted by atomic mass is 10.0. The van der Waals surface area contributed by atoms with Crippen molar-refractivity contribution in [3.63, 3.8) is 0 Å². The van der Waals surface area contributed by atoms with Gasteiger partial charge in [-0.2, -0.15) is 0 Å². The minimum absolute atomic E-state index is 0.0580. The molecule has 0 spiro atoms. The van der Waals surface area contributed by atoms with Gasteiger partial charge in [0.05, 0.1) is 19.9 Å². The molecule has 2 aliphatic heterocycles. The fraction of sp³-hybridized carbons (Fsp3) is 0.400. The molecule has 0 saturated heterocycles. The lowest BCUT2D eigenvalue weighted by molar-refractivity contribution is 0.0853. The average molecular weight is 452 g/mol. The molecule has 1 atom stereocenters. The number of nitrogens with zero attached hydrogens (tertiary/aromatic N) is 1. The molecule has 8 heteroatoms. The third-order valence-electron chi connectivity index (χ3n) is 6.13. The number of benzene rings is 2. The number of aromatic nitrogens is 1. The van der Waals surface area contributed by atoms with E-state index in [4.69, 9.17) is 23.8 Å². The molecule has 33 heavy (non-hydrogen) atoms. The van der Waals surface area contributed by atoms with Crippen molar-refractivity contribution < 1.29 is 23.8 Å². The predicted octanol–water partition coefficient (Wildman–Crippen LogP) is 3.74. The Kier molecular flexibility index (Phi) is 6.00. The normalized spacial score (nSPS) is 16.7. The molecule has 0 bridgehead atoms. The van der Waals surface area contributed by atoms with E-state index in [0.717, 1.165) is 30.7 Å². The standard InChI is InChI=1S/C25H29N3O5/c1-15-4-5-21-20(8-15)16(12-27-21)6-7-26-13-18-11-19(33-28-18)9-17-10-22(29-2)24-25(23(17)30-3)32-14-31-24/h4-5,8,10,12,19,26-27H,6-7,9,11,13-14H2,1-3H3. The van der Waals surface area contributed by atoms with E-state index in [2.05, 4.69) is 46.8 Å². The maximum Gasteiger partial charge on any atom is 0.231 e. The van der Waals surface area contributed by atoms with Gasteiger partial charge in [0.15, 0.2) is 11.5 Å². The molecule has 1 unspecified atom stereocenters. The van der Waals surface area contributed by atoms with Crippen LogP contribution in [0.1, 0.15) is 23.1 Å². The van der Waals surface area contributed by atoms with E-state index in [-0.39, 0.29) is 12.9 Å². The monoisotopic (exact) mass is 451 g/mol. The lowest BCUT2D eigenvalue weighted by Crippen LogP contribution is -2.25. The van der Waals surface area contributed by atoms with Gasteiger partial charge >= 0.3 is 0 Å². The van der Waals surface area contributed by atoms with E-state index in [1.54, 1.807) is 14.2 Å². The SMILES string of the molecule is COc1cc(CC2CC(CNCCc3c[nH]c4ccc(C)cc34)=NO2)c(OC)c2c1OCO2. The number of H-pyrrole nitrogens is 1. The Hall–Kier alpha value is -3.39.